The third-order valence-corrected chi connectivity index (χ3v) is 4.53. The largest absolute Gasteiger partial charge is 0.396 e. The number of thiazole rings is 1. The van der Waals surface area contributed by atoms with E-state index >= 15 is 0 Å². The summed E-state index contributed by atoms with van der Waals surface area (Å²) in [7, 11) is 0. The zero-order chi connectivity index (χ0) is 11.3. The summed E-state index contributed by atoms with van der Waals surface area (Å²) in [6, 6.07) is 0. The molecule has 0 saturated carbocycles. The zero-order valence-electron chi connectivity index (χ0n) is 9.56. The monoisotopic (exact) mass is 245 g/mol. The van der Waals surface area contributed by atoms with E-state index in [9.17, 15) is 0 Å². The predicted octanol–water partition coefficient (Wildman–Crippen LogP) is 3.13. The second-order valence-corrected chi connectivity index (χ2v) is 6.05. The third kappa shape index (κ3) is 4.53. The lowest BCUT2D eigenvalue weighted by molar-refractivity contribution is 0.250. The van der Waals surface area contributed by atoms with E-state index in [2.05, 4.69) is 31.1 Å². The molecule has 0 aliphatic rings. The van der Waals surface area contributed by atoms with E-state index in [4.69, 9.17) is 5.11 Å². The van der Waals surface area contributed by atoms with Crippen molar-refractivity contribution in [3.63, 3.8) is 0 Å². The predicted molar refractivity (Wildman–Crippen MR) is 68.6 cm³/mol. The van der Waals surface area contributed by atoms with Gasteiger partial charge in [-0.25, -0.2) is 4.98 Å². The first kappa shape index (κ1) is 13.0. The maximum atomic E-state index is 8.88. The average Bonchev–Trinajstić information content (AvgIpc) is 2.66. The summed E-state index contributed by atoms with van der Waals surface area (Å²) in [5, 5.41) is 12.2. The summed E-state index contributed by atoms with van der Waals surface area (Å²) in [6.45, 7) is 6.68. The van der Waals surface area contributed by atoms with Gasteiger partial charge < -0.3 is 5.11 Å². The Morgan fingerprint density at radius 1 is 1.47 bits per heavy atom. The van der Waals surface area contributed by atoms with Gasteiger partial charge in [0.25, 0.3) is 0 Å². The first-order chi connectivity index (χ1) is 7.13. The van der Waals surface area contributed by atoms with Gasteiger partial charge in [-0.15, -0.1) is 11.3 Å². The number of thioether (sulfide) groups is 1. The topological polar surface area (TPSA) is 33.1 Å². The average molecular weight is 245 g/mol. The van der Waals surface area contributed by atoms with Crippen molar-refractivity contribution < 1.29 is 5.11 Å². The zero-order valence-corrected chi connectivity index (χ0v) is 11.2. The highest BCUT2D eigenvalue weighted by Crippen LogP contribution is 2.22. The van der Waals surface area contributed by atoms with Crippen LogP contribution < -0.4 is 0 Å². The minimum Gasteiger partial charge on any atom is -0.396 e. The second-order valence-electron chi connectivity index (χ2n) is 4.13. The molecule has 86 valence electrons. The standard InChI is InChI=1S/C11H19NOS2/c1-8(2)11-12-10(7-15-11)6-14-5-9(3)4-13/h7-9,13H,4-6H2,1-3H3. The van der Waals surface area contributed by atoms with E-state index in [1.165, 1.54) is 10.7 Å². The maximum Gasteiger partial charge on any atom is 0.0954 e. The van der Waals surface area contributed by atoms with Gasteiger partial charge in [-0.3, -0.25) is 0 Å². The van der Waals surface area contributed by atoms with Crippen LogP contribution in [-0.2, 0) is 5.75 Å². The van der Waals surface area contributed by atoms with E-state index in [1.807, 2.05) is 11.8 Å². The Labute approximate surface area is 100 Å². The van der Waals surface area contributed by atoms with Crippen LogP contribution >= 0.6 is 23.1 Å². The lowest BCUT2D eigenvalue weighted by Crippen LogP contribution is -2.03. The van der Waals surface area contributed by atoms with E-state index in [0.29, 0.717) is 11.8 Å². The number of hydrogen-bond acceptors (Lipinski definition) is 4. The molecule has 1 unspecified atom stereocenters. The molecule has 0 aromatic carbocycles. The van der Waals surface area contributed by atoms with Crippen LogP contribution in [0.2, 0.25) is 0 Å². The lowest BCUT2D eigenvalue weighted by Gasteiger charge is -2.05. The van der Waals surface area contributed by atoms with E-state index in [-0.39, 0.29) is 6.61 Å². The van der Waals surface area contributed by atoms with Crippen molar-refractivity contribution in [2.45, 2.75) is 32.4 Å². The molecule has 0 bridgehead atoms. The van der Waals surface area contributed by atoms with Crippen molar-refractivity contribution in [3.05, 3.63) is 16.1 Å². The molecule has 1 aromatic heterocycles. The molecule has 0 radical (unpaired) electrons. The minimum absolute atomic E-state index is 0.279. The fourth-order valence-corrected chi connectivity index (χ4v) is 2.99. The Hall–Kier alpha value is -0.0600. The molecular weight excluding hydrogens is 226 g/mol. The molecule has 1 rings (SSSR count). The van der Waals surface area contributed by atoms with Gasteiger partial charge in [0.05, 0.1) is 10.7 Å². The summed E-state index contributed by atoms with van der Waals surface area (Å²) in [6.07, 6.45) is 0. The van der Waals surface area contributed by atoms with Crippen LogP contribution in [0.15, 0.2) is 5.38 Å². The Morgan fingerprint density at radius 3 is 2.73 bits per heavy atom. The first-order valence-electron chi connectivity index (χ1n) is 5.26. The highest BCUT2D eigenvalue weighted by atomic mass is 32.2. The van der Waals surface area contributed by atoms with Gasteiger partial charge in [0.2, 0.25) is 0 Å². The van der Waals surface area contributed by atoms with Gasteiger partial charge in [0.1, 0.15) is 0 Å². The van der Waals surface area contributed by atoms with Gasteiger partial charge in [-0.1, -0.05) is 20.8 Å². The quantitative estimate of drug-likeness (QED) is 0.836. The summed E-state index contributed by atoms with van der Waals surface area (Å²) < 4.78 is 0. The van der Waals surface area contributed by atoms with Crippen molar-refractivity contribution in [1.29, 1.82) is 0 Å². The molecule has 1 atom stereocenters. The molecule has 1 heterocycles. The Balaban J connectivity index is 2.31. The van der Waals surface area contributed by atoms with Gasteiger partial charge in [0.15, 0.2) is 0 Å². The maximum absolute atomic E-state index is 8.88. The van der Waals surface area contributed by atoms with Crippen LogP contribution in [-0.4, -0.2) is 22.5 Å². The van der Waals surface area contributed by atoms with Gasteiger partial charge in [0, 0.05) is 23.7 Å². The van der Waals surface area contributed by atoms with Crippen LogP contribution in [0.3, 0.4) is 0 Å². The van der Waals surface area contributed by atoms with Gasteiger partial charge >= 0.3 is 0 Å². The number of aliphatic hydroxyl groups is 1. The molecule has 0 saturated heterocycles. The highest BCUT2D eigenvalue weighted by molar-refractivity contribution is 7.98. The molecule has 1 N–H and O–H groups in total. The van der Waals surface area contributed by atoms with Crippen LogP contribution in [0.5, 0.6) is 0 Å². The molecule has 4 heteroatoms. The summed E-state index contributed by atoms with van der Waals surface area (Å²) in [5.74, 6) is 2.89. The number of aromatic nitrogens is 1. The molecule has 0 amide bonds. The van der Waals surface area contributed by atoms with Crippen molar-refractivity contribution in [3.8, 4) is 0 Å². The van der Waals surface area contributed by atoms with Crippen molar-refractivity contribution in [2.24, 2.45) is 5.92 Å². The summed E-state index contributed by atoms with van der Waals surface area (Å²) >= 11 is 3.60. The van der Waals surface area contributed by atoms with E-state index in [0.717, 1.165) is 11.5 Å². The minimum atomic E-state index is 0.279. The van der Waals surface area contributed by atoms with Gasteiger partial charge in [-0.2, -0.15) is 11.8 Å². The number of aliphatic hydroxyl groups excluding tert-OH is 1. The van der Waals surface area contributed by atoms with Crippen molar-refractivity contribution >= 4 is 23.1 Å². The second kappa shape index (κ2) is 6.51. The smallest absolute Gasteiger partial charge is 0.0954 e. The van der Waals surface area contributed by atoms with Gasteiger partial charge in [-0.05, 0) is 11.7 Å². The highest BCUT2D eigenvalue weighted by Gasteiger charge is 2.06. The normalized spacial score (nSPS) is 13.4. The first-order valence-corrected chi connectivity index (χ1v) is 7.29. The lowest BCUT2D eigenvalue weighted by atomic mass is 10.2. The molecule has 0 aliphatic heterocycles. The van der Waals surface area contributed by atoms with Crippen molar-refractivity contribution in [1.82, 2.24) is 4.98 Å². The van der Waals surface area contributed by atoms with Crippen molar-refractivity contribution in [2.75, 3.05) is 12.4 Å². The Bertz CT molecular complexity index is 286. The van der Waals surface area contributed by atoms with E-state index < -0.39 is 0 Å². The molecule has 0 fully saturated rings. The number of hydrogen-bond donors (Lipinski definition) is 1. The molecular formula is C11H19NOS2. The number of nitrogens with zero attached hydrogens (tertiary/aromatic N) is 1. The van der Waals surface area contributed by atoms with Crippen LogP contribution in [0.4, 0.5) is 0 Å². The molecule has 0 spiro atoms. The Morgan fingerprint density at radius 2 is 2.20 bits per heavy atom. The third-order valence-electron chi connectivity index (χ3n) is 2.03. The SMILES string of the molecule is CC(CO)CSCc1csc(C(C)C)n1. The Kier molecular flexibility index (Phi) is 5.64. The molecule has 0 aliphatic carbocycles. The van der Waals surface area contributed by atoms with Crippen LogP contribution in [0.25, 0.3) is 0 Å². The summed E-state index contributed by atoms with van der Waals surface area (Å²) in [5.41, 5.74) is 1.18. The fraction of sp³-hybridized carbons (Fsp3) is 0.727. The molecule has 15 heavy (non-hydrogen) atoms. The van der Waals surface area contributed by atoms with E-state index in [1.54, 1.807) is 11.3 Å². The fourth-order valence-electron chi connectivity index (χ4n) is 1.07. The molecule has 2 nitrogen and oxygen atoms in total. The van der Waals surface area contributed by atoms with Crippen LogP contribution in [0, 0.1) is 5.92 Å². The number of rotatable bonds is 6. The van der Waals surface area contributed by atoms with Crippen LogP contribution in [0.1, 0.15) is 37.4 Å². The molecule has 1 aromatic rings. The summed E-state index contributed by atoms with van der Waals surface area (Å²) in [4.78, 5) is 4.57.